The van der Waals surface area contributed by atoms with E-state index in [-0.39, 0.29) is 0 Å². The number of hydrogen-bond donors (Lipinski definition) is 1. The number of aromatic nitrogens is 4. The summed E-state index contributed by atoms with van der Waals surface area (Å²) in [5.74, 6) is 2.13. The Labute approximate surface area is 305 Å². The van der Waals surface area contributed by atoms with Crippen molar-refractivity contribution in [3.05, 3.63) is 89.8 Å². The average molecular weight is 710 g/mol. The third-order valence-electron chi connectivity index (χ3n) is 9.37. The number of aromatic amines is 1. The summed E-state index contributed by atoms with van der Waals surface area (Å²) in [6.07, 6.45) is 9.21. The SMILES string of the molecule is CCCCOCCOc1ccc(-c2ccc3c(c2)/C=C(/c2nc4cc([S+]([O-])Cc5c(C)ncn5CCC)ccc4[nH]2)CCCN3CCOC)cc1. The highest BCUT2D eigenvalue weighted by molar-refractivity contribution is 7.90. The quantitative estimate of drug-likeness (QED) is 0.0764. The highest BCUT2D eigenvalue weighted by Gasteiger charge is 2.21. The number of benzene rings is 3. The minimum Gasteiger partial charge on any atom is -0.611 e. The number of aryl methyl sites for hydroxylation is 2. The van der Waals surface area contributed by atoms with E-state index in [1.165, 1.54) is 5.69 Å². The van der Waals surface area contributed by atoms with E-state index in [0.29, 0.717) is 25.6 Å². The van der Waals surface area contributed by atoms with Crippen molar-refractivity contribution in [3.63, 3.8) is 0 Å². The van der Waals surface area contributed by atoms with Crippen LogP contribution in [-0.4, -0.2) is 70.7 Å². The first-order valence-corrected chi connectivity index (χ1v) is 19.6. The van der Waals surface area contributed by atoms with Gasteiger partial charge >= 0.3 is 0 Å². The molecule has 1 N–H and O–H groups in total. The van der Waals surface area contributed by atoms with E-state index in [2.05, 4.69) is 69.7 Å². The number of H-pyrrole nitrogens is 1. The van der Waals surface area contributed by atoms with Crippen LogP contribution in [0, 0.1) is 6.92 Å². The number of allylic oxidation sites excluding steroid dienone is 1. The van der Waals surface area contributed by atoms with Crippen molar-refractivity contribution >= 4 is 39.5 Å². The van der Waals surface area contributed by atoms with E-state index in [9.17, 15) is 4.55 Å². The molecule has 6 rings (SSSR count). The first-order chi connectivity index (χ1) is 25.0. The second-order valence-corrected chi connectivity index (χ2v) is 14.5. The number of hydrogen-bond acceptors (Lipinski definition) is 7. The Balaban J connectivity index is 1.25. The van der Waals surface area contributed by atoms with Crippen LogP contribution in [-0.2, 0) is 32.9 Å². The second kappa shape index (κ2) is 17.9. The van der Waals surface area contributed by atoms with E-state index in [1.54, 1.807) is 7.11 Å². The fraction of sp³-hybridized carbons (Fsp3) is 0.415. The van der Waals surface area contributed by atoms with E-state index in [4.69, 9.17) is 19.2 Å². The molecule has 270 valence electrons. The van der Waals surface area contributed by atoms with E-state index < -0.39 is 11.2 Å². The third-order valence-corrected chi connectivity index (χ3v) is 10.7. The monoisotopic (exact) mass is 709 g/mol. The van der Waals surface area contributed by atoms with Gasteiger partial charge in [0.05, 0.1) is 42.0 Å². The zero-order valence-electron chi connectivity index (χ0n) is 30.5. The van der Waals surface area contributed by atoms with Gasteiger partial charge in [0, 0.05) is 45.1 Å². The Morgan fingerprint density at radius 3 is 2.57 bits per heavy atom. The summed E-state index contributed by atoms with van der Waals surface area (Å²) in [4.78, 5) is 16.3. The van der Waals surface area contributed by atoms with Gasteiger partial charge in [-0.25, -0.2) is 9.97 Å². The Morgan fingerprint density at radius 1 is 0.922 bits per heavy atom. The molecule has 51 heavy (non-hydrogen) atoms. The zero-order chi connectivity index (χ0) is 35.6. The molecule has 0 radical (unpaired) electrons. The van der Waals surface area contributed by atoms with Gasteiger partial charge < -0.3 is 33.2 Å². The number of fused-ring (bicyclic) bond motifs is 2. The number of nitrogens with one attached hydrogen (secondary N) is 1. The minimum absolute atomic E-state index is 0.433. The Morgan fingerprint density at radius 2 is 1.76 bits per heavy atom. The fourth-order valence-electron chi connectivity index (χ4n) is 6.53. The number of methoxy groups -OCH3 is 1. The first kappa shape index (κ1) is 36.7. The molecule has 3 aromatic carbocycles. The number of ether oxygens (including phenoxy) is 3. The highest BCUT2D eigenvalue weighted by atomic mass is 32.2. The lowest BCUT2D eigenvalue weighted by Crippen LogP contribution is -2.29. The van der Waals surface area contributed by atoms with Gasteiger partial charge in [0.25, 0.3) is 0 Å². The Kier molecular flexibility index (Phi) is 12.9. The largest absolute Gasteiger partial charge is 0.611 e. The van der Waals surface area contributed by atoms with Gasteiger partial charge in [-0.3, -0.25) is 0 Å². The van der Waals surface area contributed by atoms with E-state index >= 15 is 0 Å². The molecule has 0 saturated heterocycles. The summed E-state index contributed by atoms with van der Waals surface area (Å²) in [6, 6.07) is 20.9. The van der Waals surface area contributed by atoms with Crippen molar-refractivity contribution < 1.29 is 18.8 Å². The maximum absolute atomic E-state index is 13.6. The maximum atomic E-state index is 13.6. The van der Waals surface area contributed by atoms with Crippen LogP contribution in [0.3, 0.4) is 0 Å². The summed E-state index contributed by atoms with van der Waals surface area (Å²) >= 11 is -1.22. The molecule has 1 aliphatic rings. The van der Waals surface area contributed by atoms with Crippen LogP contribution in [0.25, 0.3) is 33.8 Å². The smallest absolute Gasteiger partial charge is 0.155 e. The molecule has 3 heterocycles. The van der Waals surface area contributed by atoms with E-state index in [0.717, 1.165) is 119 Å². The molecule has 5 aromatic rings. The predicted octanol–water partition coefficient (Wildman–Crippen LogP) is 8.44. The molecule has 2 aromatic heterocycles. The lowest BCUT2D eigenvalue weighted by molar-refractivity contribution is 0.0981. The first-order valence-electron chi connectivity index (χ1n) is 18.3. The Bertz CT molecular complexity index is 1900. The molecule has 0 amide bonds. The molecular formula is C41H51N5O4S. The van der Waals surface area contributed by atoms with Gasteiger partial charge in [0.2, 0.25) is 0 Å². The number of imidazole rings is 2. The molecule has 9 nitrogen and oxygen atoms in total. The van der Waals surface area contributed by atoms with Crippen LogP contribution in [0.1, 0.15) is 68.7 Å². The van der Waals surface area contributed by atoms with Crippen LogP contribution in [0.5, 0.6) is 5.75 Å². The topological polar surface area (TPSA) is 100 Å². The van der Waals surface area contributed by atoms with Crippen LogP contribution < -0.4 is 9.64 Å². The van der Waals surface area contributed by atoms with Crippen molar-refractivity contribution in [2.24, 2.45) is 0 Å². The molecule has 0 bridgehead atoms. The fourth-order valence-corrected chi connectivity index (χ4v) is 7.78. The van der Waals surface area contributed by atoms with Crippen LogP contribution in [0.2, 0.25) is 0 Å². The molecule has 10 heteroatoms. The molecule has 0 spiro atoms. The molecule has 1 aliphatic heterocycles. The van der Waals surface area contributed by atoms with Crippen LogP contribution in [0.4, 0.5) is 5.69 Å². The van der Waals surface area contributed by atoms with Gasteiger partial charge in [-0.2, -0.15) is 0 Å². The summed E-state index contributed by atoms with van der Waals surface area (Å²) < 4.78 is 32.7. The molecule has 0 fully saturated rings. The van der Waals surface area contributed by atoms with Crippen molar-refractivity contribution in [1.29, 1.82) is 0 Å². The minimum atomic E-state index is -1.22. The lowest BCUT2D eigenvalue weighted by atomic mass is 9.96. The van der Waals surface area contributed by atoms with Gasteiger partial charge in [-0.15, -0.1) is 0 Å². The molecular weight excluding hydrogens is 659 g/mol. The summed E-state index contributed by atoms with van der Waals surface area (Å²) in [6.45, 7) is 11.5. The van der Waals surface area contributed by atoms with Crippen molar-refractivity contribution in [3.8, 4) is 16.9 Å². The van der Waals surface area contributed by atoms with Gasteiger partial charge in [-0.05, 0) is 109 Å². The van der Waals surface area contributed by atoms with Gasteiger partial charge in [0.15, 0.2) is 10.6 Å². The zero-order valence-corrected chi connectivity index (χ0v) is 31.3. The summed E-state index contributed by atoms with van der Waals surface area (Å²) in [7, 11) is 1.75. The predicted molar refractivity (Wildman–Crippen MR) is 208 cm³/mol. The molecule has 0 aliphatic carbocycles. The lowest BCUT2D eigenvalue weighted by Gasteiger charge is -2.29. The van der Waals surface area contributed by atoms with Gasteiger partial charge in [-0.1, -0.05) is 38.5 Å². The molecule has 0 saturated carbocycles. The van der Waals surface area contributed by atoms with Crippen molar-refractivity contribution in [2.75, 3.05) is 51.5 Å². The third kappa shape index (κ3) is 9.23. The Hall–Kier alpha value is -4.09. The van der Waals surface area contributed by atoms with Crippen LogP contribution in [0.15, 0.2) is 71.9 Å². The average Bonchev–Trinajstić information content (AvgIpc) is 3.72. The number of unbranched alkanes of at least 4 members (excludes halogenated alkanes) is 1. The normalized spacial score (nSPS) is 14.9. The molecule has 1 atom stereocenters. The number of nitrogens with zero attached hydrogens (tertiary/aromatic N) is 4. The number of anilines is 1. The van der Waals surface area contributed by atoms with E-state index in [1.807, 2.05) is 43.6 Å². The second-order valence-electron chi connectivity index (χ2n) is 13.1. The summed E-state index contributed by atoms with van der Waals surface area (Å²) in [5, 5.41) is 0. The summed E-state index contributed by atoms with van der Waals surface area (Å²) in [5.41, 5.74) is 9.47. The van der Waals surface area contributed by atoms with Crippen molar-refractivity contribution in [2.45, 2.75) is 70.1 Å². The standard InChI is InChI=1S/C41H51N5O4S/c1-5-7-21-49-23-24-50-35-13-10-31(11-14-35)32-12-17-39-34(25-32)26-33(9-8-19-45(39)20-22-48-4)41-43-37-16-15-36(27-38(37)44-41)51(47)28-40-30(3)42-29-46(40)18-6-2/h10-17,25-27,29H,5-9,18-24,28H2,1-4H3,(H,43,44)/b33-26+. The van der Waals surface area contributed by atoms with Crippen LogP contribution >= 0.6 is 0 Å². The van der Waals surface area contributed by atoms with Gasteiger partial charge in [0.1, 0.15) is 18.2 Å². The highest BCUT2D eigenvalue weighted by Crippen LogP contribution is 2.35. The number of rotatable bonds is 17. The molecule has 1 unspecified atom stereocenters. The maximum Gasteiger partial charge on any atom is 0.155 e. The van der Waals surface area contributed by atoms with Crippen molar-refractivity contribution in [1.82, 2.24) is 19.5 Å².